The van der Waals surface area contributed by atoms with Crippen molar-refractivity contribution in [3.63, 3.8) is 0 Å². The second-order valence-electron chi connectivity index (χ2n) is 7.48. The summed E-state index contributed by atoms with van der Waals surface area (Å²) in [4.78, 5) is 28.6. The number of hydrogen-bond acceptors (Lipinski definition) is 7. The highest BCUT2D eigenvalue weighted by molar-refractivity contribution is 7.13. The number of thiophene rings is 1. The third-order valence-corrected chi connectivity index (χ3v) is 5.80. The third-order valence-electron chi connectivity index (χ3n) is 4.95. The van der Waals surface area contributed by atoms with Crippen LogP contribution < -0.4 is 5.32 Å². The second-order valence-corrected chi connectivity index (χ2v) is 8.43. The maximum absolute atomic E-state index is 12.9. The van der Waals surface area contributed by atoms with Gasteiger partial charge in [-0.2, -0.15) is 0 Å². The molecule has 0 bridgehead atoms. The minimum Gasteiger partial charge on any atom is -0.419 e. The van der Waals surface area contributed by atoms with Crippen molar-refractivity contribution in [3.8, 4) is 10.8 Å². The SMILES string of the molecule is CCCN(CC(=O)Nc1ccccc1C(=O)c1ccccc1)Cc1nnc(-c2cccs2)o1. The maximum atomic E-state index is 12.9. The Morgan fingerprint density at radius 1 is 1.00 bits per heavy atom. The van der Waals surface area contributed by atoms with E-state index in [0.29, 0.717) is 41.7 Å². The third kappa shape index (κ3) is 5.79. The van der Waals surface area contributed by atoms with Crippen molar-refractivity contribution in [2.75, 3.05) is 18.4 Å². The average molecular weight is 461 g/mol. The predicted octanol–water partition coefficient (Wildman–Crippen LogP) is 4.88. The maximum Gasteiger partial charge on any atom is 0.257 e. The highest BCUT2D eigenvalue weighted by Crippen LogP contribution is 2.23. The highest BCUT2D eigenvalue weighted by atomic mass is 32.1. The largest absolute Gasteiger partial charge is 0.419 e. The first-order valence-electron chi connectivity index (χ1n) is 10.7. The van der Waals surface area contributed by atoms with E-state index < -0.39 is 0 Å². The molecule has 0 unspecified atom stereocenters. The molecule has 2 heterocycles. The van der Waals surface area contributed by atoms with Crippen LogP contribution in [0.1, 0.15) is 35.2 Å². The van der Waals surface area contributed by atoms with Gasteiger partial charge in [-0.15, -0.1) is 21.5 Å². The zero-order valence-corrected chi connectivity index (χ0v) is 19.0. The summed E-state index contributed by atoms with van der Waals surface area (Å²) in [6.07, 6.45) is 0.863. The zero-order chi connectivity index (χ0) is 23.0. The van der Waals surface area contributed by atoms with Gasteiger partial charge in [-0.25, -0.2) is 0 Å². The summed E-state index contributed by atoms with van der Waals surface area (Å²) in [5.74, 6) is 0.590. The summed E-state index contributed by atoms with van der Waals surface area (Å²) >= 11 is 1.53. The van der Waals surface area contributed by atoms with Crippen LogP contribution in [0.4, 0.5) is 5.69 Å². The van der Waals surface area contributed by atoms with Gasteiger partial charge in [0.15, 0.2) is 5.78 Å². The monoisotopic (exact) mass is 460 g/mol. The smallest absolute Gasteiger partial charge is 0.257 e. The quantitative estimate of drug-likeness (QED) is 0.339. The van der Waals surface area contributed by atoms with Crippen molar-refractivity contribution in [2.24, 2.45) is 0 Å². The lowest BCUT2D eigenvalue weighted by molar-refractivity contribution is -0.117. The summed E-state index contributed by atoms with van der Waals surface area (Å²) in [6, 6.07) is 19.9. The Morgan fingerprint density at radius 3 is 2.55 bits per heavy atom. The van der Waals surface area contributed by atoms with Crippen molar-refractivity contribution in [3.05, 3.63) is 89.1 Å². The van der Waals surface area contributed by atoms with Crippen LogP contribution in [-0.4, -0.2) is 39.9 Å². The van der Waals surface area contributed by atoms with Crippen molar-refractivity contribution in [1.29, 1.82) is 0 Å². The van der Waals surface area contributed by atoms with Crippen LogP contribution in [0.3, 0.4) is 0 Å². The molecular weight excluding hydrogens is 436 g/mol. The zero-order valence-electron chi connectivity index (χ0n) is 18.2. The Labute approximate surface area is 196 Å². The summed E-state index contributed by atoms with van der Waals surface area (Å²) in [6.45, 7) is 3.24. The van der Waals surface area contributed by atoms with Gasteiger partial charge in [0.2, 0.25) is 11.8 Å². The first-order valence-corrected chi connectivity index (χ1v) is 11.6. The predicted molar refractivity (Wildman–Crippen MR) is 128 cm³/mol. The molecule has 1 N–H and O–H groups in total. The summed E-state index contributed by atoms with van der Waals surface area (Å²) in [5.41, 5.74) is 1.52. The van der Waals surface area contributed by atoms with Crippen LogP contribution in [0.2, 0.25) is 0 Å². The number of carbonyl (C=O) groups is 2. The van der Waals surface area contributed by atoms with Crippen molar-refractivity contribution in [2.45, 2.75) is 19.9 Å². The molecular formula is C25H24N4O3S. The number of amides is 1. The highest BCUT2D eigenvalue weighted by Gasteiger charge is 2.18. The Morgan fingerprint density at radius 2 is 1.79 bits per heavy atom. The van der Waals surface area contributed by atoms with Crippen LogP contribution in [0, 0.1) is 0 Å². The van der Waals surface area contributed by atoms with Crippen LogP contribution in [-0.2, 0) is 11.3 Å². The molecule has 0 spiro atoms. The Kier molecular flexibility index (Phi) is 7.39. The van der Waals surface area contributed by atoms with Gasteiger partial charge in [-0.05, 0) is 36.5 Å². The number of ketones is 1. The molecule has 168 valence electrons. The normalized spacial score (nSPS) is 11.0. The number of nitrogens with zero attached hydrogens (tertiary/aromatic N) is 3. The number of benzene rings is 2. The average Bonchev–Trinajstić information content (AvgIpc) is 3.52. The van der Waals surface area contributed by atoms with Crippen LogP contribution in [0.25, 0.3) is 10.8 Å². The number of rotatable bonds is 10. The molecule has 0 saturated carbocycles. The fraction of sp³-hybridized carbons (Fsp3) is 0.200. The molecule has 4 aromatic rings. The lowest BCUT2D eigenvalue weighted by Crippen LogP contribution is -2.34. The van der Waals surface area contributed by atoms with E-state index >= 15 is 0 Å². The van der Waals surface area contributed by atoms with E-state index in [2.05, 4.69) is 15.5 Å². The summed E-state index contributed by atoms with van der Waals surface area (Å²) < 4.78 is 5.77. The van der Waals surface area contributed by atoms with Gasteiger partial charge in [0.25, 0.3) is 5.89 Å². The lowest BCUT2D eigenvalue weighted by atomic mass is 10.0. The van der Waals surface area contributed by atoms with E-state index in [1.165, 1.54) is 11.3 Å². The van der Waals surface area contributed by atoms with E-state index in [4.69, 9.17) is 4.42 Å². The molecule has 7 nitrogen and oxygen atoms in total. The lowest BCUT2D eigenvalue weighted by Gasteiger charge is -2.19. The molecule has 0 radical (unpaired) electrons. The first kappa shape index (κ1) is 22.6. The van der Waals surface area contributed by atoms with Crippen LogP contribution in [0.5, 0.6) is 0 Å². The molecule has 1 amide bonds. The van der Waals surface area contributed by atoms with Crippen molar-refractivity contribution in [1.82, 2.24) is 15.1 Å². The van der Waals surface area contributed by atoms with E-state index in [1.54, 1.807) is 36.4 Å². The molecule has 8 heteroatoms. The standard InChI is InChI=1S/C25H24N4O3S/c1-2-14-29(17-23-27-28-25(32-23)21-13-8-15-33-21)16-22(30)26-20-12-7-6-11-19(20)24(31)18-9-4-3-5-10-18/h3-13,15H,2,14,16-17H2,1H3,(H,26,30). The van der Waals surface area contributed by atoms with Crippen molar-refractivity contribution < 1.29 is 14.0 Å². The summed E-state index contributed by atoms with van der Waals surface area (Å²) in [5, 5.41) is 13.1. The topological polar surface area (TPSA) is 88.3 Å². The van der Waals surface area contributed by atoms with Gasteiger partial charge in [0, 0.05) is 11.1 Å². The number of hydrogen-bond donors (Lipinski definition) is 1. The molecule has 0 fully saturated rings. The van der Waals surface area contributed by atoms with Gasteiger partial charge in [-0.3, -0.25) is 14.5 Å². The second kappa shape index (κ2) is 10.8. The van der Waals surface area contributed by atoms with Gasteiger partial charge < -0.3 is 9.73 Å². The molecule has 0 saturated heterocycles. The van der Waals surface area contributed by atoms with E-state index in [1.807, 2.05) is 47.5 Å². The van der Waals surface area contributed by atoms with Crippen molar-refractivity contribution >= 4 is 28.7 Å². The Hall–Kier alpha value is -3.62. The fourth-order valence-electron chi connectivity index (χ4n) is 3.47. The van der Waals surface area contributed by atoms with E-state index in [9.17, 15) is 9.59 Å². The van der Waals surface area contributed by atoms with Gasteiger partial charge in [0.05, 0.1) is 23.7 Å². The Bertz CT molecular complexity index is 1210. The molecule has 2 aromatic heterocycles. The summed E-state index contributed by atoms with van der Waals surface area (Å²) in [7, 11) is 0. The molecule has 0 atom stereocenters. The van der Waals surface area contributed by atoms with Gasteiger partial charge in [0.1, 0.15) is 0 Å². The molecule has 0 aliphatic heterocycles. The van der Waals surface area contributed by atoms with Gasteiger partial charge in [-0.1, -0.05) is 55.5 Å². The molecule has 33 heavy (non-hydrogen) atoms. The number of para-hydroxylation sites is 1. The van der Waals surface area contributed by atoms with Crippen LogP contribution >= 0.6 is 11.3 Å². The minimum atomic E-state index is -0.213. The molecule has 4 rings (SSSR count). The van der Waals surface area contributed by atoms with Gasteiger partial charge >= 0.3 is 0 Å². The number of anilines is 1. The number of nitrogens with one attached hydrogen (secondary N) is 1. The Balaban J connectivity index is 1.43. The molecule has 0 aliphatic rings. The molecule has 0 aliphatic carbocycles. The van der Waals surface area contributed by atoms with E-state index in [-0.39, 0.29) is 18.2 Å². The fourth-order valence-corrected chi connectivity index (χ4v) is 4.11. The molecule has 2 aromatic carbocycles. The minimum absolute atomic E-state index is 0.135. The number of aromatic nitrogens is 2. The number of carbonyl (C=O) groups excluding carboxylic acids is 2. The van der Waals surface area contributed by atoms with Crippen LogP contribution in [0.15, 0.2) is 76.5 Å². The van der Waals surface area contributed by atoms with E-state index in [0.717, 1.165) is 11.3 Å². The first-order chi connectivity index (χ1) is 16.1.